The van der Waals surface area contributed by atoms with Gasteiger partial charge in [-0.3, -0.25) is 0 Å². The molecule has 1 aromatic heterocycles. The molecule has 4 nitrogen and oxygen atoms in total. The fourth-order valence-corrected chi connectivity index (χ4v) is 2.08. The second-order valence-electron chi connectivity index (χ2n) is 4.82. The molecule has 0 saturated heterocycles. The minimum atomic E-state index is 0.835. The standard InChI is InChI=1S/C16H22N4/c1-4-14-19-15(17-3)11-16(20-14)18-9-8-13-7-5-6-12(2)10-13/h5-7,10-11H,4,8-9H2,1-3H3,(H2,17,18,19,20). The maximum atomic E-state index is 4.49. The minimum Gasteiger partial charge on any atom is -0.373 e. The van der Waals surface area contributed by atoms with E-state index in [1.165, 1.54) is 11.1 Å². The van der Waals surface area contributed by atoms with Crippen LogP contribution in [0.15, 0.2) is 30.3 Å². The van der Waals surface area contributed by atoms with Crippen LogP contribution in [0.3, 0.4) is 0 Å². The first kappa shape index (κ1) is 14.3. The molecule has 0 radical (unpaired) electrons. The van der Waals surface area contributed by atoms with E-state index in [2.05, 4.69) is 58.7 Å². The average molecular weight is 270 g/mol. The molecule has 0 aliphatic rings. The summed E-state index contributed by atoms with van der Waals surface area (Å²) < 4.78 is 0. The SMILES string of the molecule is CCc1nc(NC)cc(NCCc2cccc(C)c2)n1. The summed E-state index contributed by atoms with van der Waals surface area (Å²) in [5, 5.41) is 6.44. The Balaban J connectivity index is 1.96. The lowest BCUT2D eigenvalue weighted by Crippen LogP contribution is -2.09. The third-order valence-electron chi connectivity index (χ3n) is 3.15. The molecule has 0 aliphatic carbocycles. The van der Waals surface area contributed by atoms with Gasteiger partial charge < -0.3 is 10.6 Å². The normalized spacial score (nSPS) is 10.3. The van der Waals surface area contributed by atoms with Gasteiger partial charge in [0.05, 0.1) is 0 Å². The highest BCUT2D eigenvalue weighted by molar-refractivity contribution is 5.47. The van der Waals surface area contributed by atoms with Crippen LogP contribution in [0.4, 0.5) is 11.6 Å². The first-order valence-corrected chi connectivity index (χ1v) is 7.06. The van der Waals surface area contributed by atoms with E-state index in [1.54, 1.807) is 0 Å². The van der Waals surface area contributed by atoms with Gasteiger partial charge in [0.2, 0.25) is 0 Å². The molecule has 0 fully saturated rings. The quantitative estimate of drug-likeness (QED) is 0.847. The van der Waals surface area contributed by atoms with Gasteiger partial charge >= 0.3 is 0 Å². The molecular weight excluding hydrogens is 248 g/mol. The van der Waals surface area contributed by atoms with Gasteiger partial charge in [0.1, 0.15) is 17.5 Å². The average Bonchev–Trinajstić information content (AvgIpc) is 2.47. The Morgan fingerprint density at radius 2 is 1.90 bits per heavy atom. The minimum absolute atomic E-state index is 0.835. The lowest BCUT2D eigenvalue weighted by Gasteiger charge is -2.09. The molecule has 0 saturated carbocycles. The summed E-state index contributed by atoms with van der Waals surface area (Å²) in [5.74, 6) is 2.60. The van der Waals surface area contributed by atoms with Crippen molar-refractivity contribution in [2.45, 2.75) is 26.7 Å². The number of hydrogen-bond acceptors (Lipinski definition) is 4. The lowest BCUT2D eigenvalue weighted by molar-refractivity contribution is 0.926. The predicted octanol–water partition coefficient (Wildman–Crippen LogP) is 3.04. The van der Waals surface area contributed by atoms with Crippen LogP contribution in [0.5, 0.6) is 0 Å². The molecule has 106 valence electrons. The fraction of sp³-hybridized carbons (Fsp3) is 0.375. The molecule has 2 aromatic rings. The van der Waals surface area contributed by atoms with Gasteiger partial charge in [-0.05, 0) is 18.9 Å². The lowest BCUT2D eigenvalue weighted by atomic mass is 10.1. The summed E-state index contributed by atoms with van der Waals surface area (Å²) in [6.45, 7) is 5.05. The Morgan fingerprint density at radius 3 is 2.60 bits per heavy atom. The van der Waals surface area contributed by atoms with Crippen LogP contribution in [0.1, 0.15) is 23.9 Å². The van der Waals surface area contributed by atoms with Gasteiger partial charge in [-0.2, -0.15) is 0 Å². The van der Waals surface area contributed by atoms with Crippen molar-refractivity contribution in [3.8, 4) is 0 Å². The number of nitrogens with one attached hydrogen (secondary N) is 2. The molecule has 20 heavy (non-hydrogen) atoms. The predicted molar refractivity (Wildman–Crippen MR) is 84.3 cm³/mol. The van der Waals surface area contributed by atoms with Crippen LogP contribution in [0.25, 0.3) is 0 Å². The Hall–Kier alpha value is -2.10. The van der Waals surface area contributed by atoms with Gasteiger partial charge in [-0.25, -0.2) is 9.97 Å². The third-order valence-corrected chi connectivity index (χ3v) is 3.15. The molecule has 0 unspecified atom stereocenters. The summed E-state index contributed by atoms with van der Waals surface area (Å²) >= 11 is 0. The number of nitrogens with zero attached hydrogens (tertiary/aromatic N) is 2. The van der Waals surface area contributed by atoms with E-state index < -0.39 is 0 Å². The Kier molecular flexibility index (Phi) is 4.93. The zero-order chi connectivity index (χ0) is 14.4. The van der Waals surface area contributed by atoms with Crippen molar-refractivity contribution < 1.29 is 0 Å². The topological polar surface area (TPSA) is 49.8 Å². The molecular formula is C16H22N4. The van der Waals surface area contributed by atoms with E-state index in [9.17, 15) is 0 Å². The second-order valence-corrected chi connectivity index (χ2v) is 4.82. The zero-order valence-electron chi connectivity index (χ0n) is 12.4. The molecule has 0 bridgehead atoms. The Morgan fingerprint density at radius 1 is 1.10 bits per heavy atom. The highest BCUT2D eigenvalue weighted by Gasteiger charge is 2.02. The Bertz CT molecular complexity index is 544. The maximum Gasteiger partial charge on any atom is 0.132 e. The summed E-state index contributed by atoms with van der Waals surface area (Å²) in [6.07, 6.45) is 1.82. The van der Waals surface area contributed by atoms with Crippen LogP contribution in [0, 0.1) is 6.92 Å². The molecule has 0 spiro atoms. The maximum absolute atomic E-state index is 4.49. The molecule has 0 amide bonds. The number of aromatic nitrogens is 2. The van der Waals surface area contributed by atoms with E-state index in [4.69, 9.17) is 0 Å². The molecule has 0 aliphatic heterocycles. The second kappa shape index (κ2) is 6.89. The van der Waals surface area contributed by atoms with E-state index in [0.717, 1.165) is 36.8 Å². The van der Waals surface area contributed by atoms with Crippen LogP contribution >= 0.6 is 0 Å². The molecule has 2 N–H and O–H groups in total. The van der Waals surface area contributed by atoms with E-state index >= 15 is 0 Å². The summed E-state index contributed by atoms with van der Waals surface area (Å²) in [4.78, 5) is 8.87. The van der Waals surface area contributed by atoms with Crippen LogP contribution in [-0.4, -0.2) is 23.6 Å². The van der Waals surface area contributed by atoms with Crippen molar-refractivity contribution in [2.24, 2.45) is 0 Å². The third kappa shape index (κ3) is 3.95. The number of anilines is 2. The highest BCUT2D eigenvalue weighted by atomic mass is 15.1. The number of rotatable bonds is 6. The molecule has 1 aromatic carbocycles. The number of hydrogen-bond donors (Lipinski definition) is 2. The summed E-state index contributed by atoms with van der Waals surface area (Å²) in [6, 6.07) is 10.5. The van der Waals surface area contributed by atoms with Crippen LogP contribution in [-0.2, 0) is 12.8 Å². The van der Waals surface area contributed by atoms with Gasteiger partial charge in [0.25, 0.3) is 0 Å². The van der Waals surface area contributed by atoms with Crippen molar-refractivity contribution in [3.05, 3.63) is 47.3 Å². The van der Waals surface area contributed by atoms with Crippen molar-refractivity contribution >= 4 is 11.6 Å². The largest absolute Gasteiger partial charge is 0.373 e. The first-order chi connectivity index (χ1) is 9.71. The molecule has 0 atom stereocenters. The number of aryl methyl sites for hydroxylation is 2. The van der Waals surface area contributed by atoms with E-state index in [0.29, 0.717) is 0 Å². The van der Waals surface area contributed by atoms with Crippen LogP contribution in [0.2, 0.25) is 0 Å². The van der Waals surface area contributed by atoms with Gasteiger partial charge in [0, 0.05) is 26.1 Å². The highest BCUT2D eigenvalue weighted by Crippen LogP contribution is 2.12. The Labute approximate surface area is 120 Å². The first-order valence-electron chi connectivity index (χ1n) is 7.06. The molecule has 4 heteroatoms. The van der Waals surface area contributed by atoms with Crippen molar-refractivity contribution in [3.63, 3.8) is 0 Å². The van der Waals surface area contributed by atoms with Gasteiger partial charge in [-0.1, -0.05) is 36.8 Å². The van der Waals surface area contributed by atoms with E-state index in [1.807, 2.05) is 13.1 Å². The smallest absolute Gasteiger partial charge is 0.132 e. The van der Waals surface area contributed by atoms with E-state index in [-0.39, 0.29) is 0 Å². The van der Waals surface area contributed by atoms with Crippen molar-refractivity contribution in [1.29, 1.82) is 0 Å². The fourth-order valence-electron chi connectivity index (χ4n) is 2.08. The monoisotopic (exact) mass is 270 g/mol. The number of benzene rings is 1. The van der Waals surface area contributed by atoms with Crippen molar-refractivity contribution in [2.75, 3.05) is 24.2 Å². The molecule has 1 heterocycles. The van der Waals surface area contributed by atoms with Gasteiger partial charge in [0.15, 0.2) is 0 Å². The zero-order valence-corrected chi connectivity index (χ0v) is 12.4. The molecule has 2 rings (SSSR count). The van der Waals surface area contributed by atoms with Crippen molar-refractivity contribution in [1.82, 2.24) is 9.97 Å². The van der Waals surface area contributed by atoms with Gasteiger partial charge in [-0.15, -0.1) is 0 Å². The summed E-state index contributed by atoms with van der Waals surface area (Å²) in [5.41, 5.74) is 2.64. The van der Waals surface area contributed by atoms with Crippen LogP contribution < -0.4 is 10.6 Å². The summed E-state index contributed by atoms with van der Waals surface area (Å²) in [7, 11) is 1.87.